The van der Waals surface area contributed by atoms with Gasteiger partial charge in [-0.3, -0.25) is 15.0 Å². The Morgan fingerprint density at radius 3 is 2.95 bits per heavy atom. The first-order chi connectivity index (χ1) is 10.2. The number of hydrogen-bond donors (Lipinski definition) is 1. The molecule has 0 aromatic heterocycles. The van der Waals surface area contributed by atoms with Gasteiger partial charge in [0.05, 0.1) is 4.92 Å². The van der Waals surface area contributed by atoms with E-state index in [1.165, 1.54) is 25.8 Å². The Bertz CT molecular complexity index is 532. The quantitative estimate of drug-likeness (QED) is 0.683. The van der Waals surface area contributed by atoms with Gasteiger partial charge in [0.15, 0.2) is 0 Å². The van der Waals surface area contributed by atoms with Gasteiger partial charge in [0.2, 0.25) is 0 Å². The molecule has 0 radical (unpaired) electrons. The van der Waals surface area contributed by atoms with E-state index in [-0.39, 0.29) is 10.6 Å². The smallest absolute Gasteiger partial charge is 0.274 e. The van der Waals surface area contributed by atoms with Gasteiger partial charge >= 0.3 is 0 Å². The summed E-state index contributed by atoms with van der Waals surface area (Å²) >= 11 is 0. The van der Waals surface area contributed by atoms with E-state index < -0.39 is 0 Å². The van der Waals surface area contributed by atoms with Crippen LogP contribution in [0.2, 0.25) is 0 Å². The molecule has 5 nitrogen and oxygen atoms in total. The molecule has 2 aliphatic heterocycles. The van der Waals surface area contributed by atoms with Gasteiger partial charge in [-0.2, -0.15) is 0 Å². The van der Waals surface area contributed by atoms with E-state index in [1.807, 2.05) is 19.1 Å². The Hall–Kier alpha value is -1.62. The van der Waals surface area contributed by atoms with E-state index in [9.17, 15) is 10.1 Å². The van der Waals surface area contributed by atoms with Crippen molar-refractivity contribution in [1.29, 1.82) is 0 Å². The zero-order valence-corrected chi connectivity index (χ0v) is 12.5. The van der Waals surface area contributed by atoms with Crippen LogP contribution in [0.3, 0.4) is 0 Å². The van der Waals surface area contributed by atoms with Gasteiger partial charge in [-0.15, -0.1) is 0 Å². The molecule has 0 bridgehead atoms. The third-order valence-electron chi connectivity index (χ3n) is 4.87. The highest BCUT2D eigenvalue weighted by molar-refractivity contribution is 5.56. The highest BCUT2D eigenvalue weighted by Gasteiger charge is 2.35. The predicted molar refractivity (Wildman–Crippen MR) is 83.7 cm³/mol. The Kier molecular flexibility index (Phi) is 4.10. The summed E-state index contributed by atoms with van der Waals surface area (Å²) in [6, 6.07) is 6.59. The zero-order valence-electron chi connectivity index (χ0n) is 12.5. The maximum absolute atomic E-state index is 11.2. The molecule has 0 saturated carbocycles. The Morgan fingerprint density at radius 2 is 2.19 bits per heavy atom. The van der Waals surface area contributed by atoms with Crippen LogP contribution < -0.4 is 5.32 Å². The van der Waals surface area contributed by atoms with Gasteiger partial charge in [-0.1, -0.05) is 19.4 Å². The molecular formula is C16H23N3O2. The topological polar surface area (TPSA) is 58.4 Å². The van der Waals surface area contributed by atoms with Crippen LogP contribution in [0.15, 0.2) is 18.2 Å². The molecule has 0 amide bonds. The van der Waals surface area contributed by atoms with Crippen molar-refractivity contribution in [3.05, 3.63) is 33.9 Å². The zero-order chi connectivity index (χ0) is 14.8. The van der Waals surface area contributed by atoms with Crippen molar-refractivity contribution < 1.29 is 4.92 Å². The molecular weight excluding hydrogens is 266 g/mol. The molecule has 2 atom stereocenters. The number of nitrogens with one attached hydrogen (secondary N) is 1. The maximum atomic E-state index is 11.2. The summed E-state index contributed by atoms with van der Waals surface area (Å²) in [7, 11) is 0. The van der Waals surface area contributed by atoms with Crippen LogP contribution in [0.25, 0.3) is 0 Å². The van der Waals surface area contributed by atoms with Crippen LogP contribution in [0.5, 0.6) is 0 Å². The average Bonchev–Trinajstić information content (AvgIpc) is 2.90. The summed E-state index contributed by atoms with van der Waals surface area (Å²) in [5, 5.41) is 14.7. The number of fused-ring (bicyclic) bond motifs is 1. The van der Waals surface area contributed by atoms with Gasteiger partial charge in [0.1, 0.15) is 0 Å². The van der Waals surface area contributed by atoms with Crippen LogP contribution >= 0.6 is 0 Å². The molecule has 0 spiro atoms. The minimum atomic E-state index is -0.272. The second kappa shape index (κ2) is 6.02. The van der Waals surface area contributed by atoms with Crippen LogP contribution in [-0.2, 0) is 6.42 Å². The molecule has 5 heteroatoms. The number of nitrogens with zero attached hydrogens (tertiary/aromatic N) is 2. The van der Waals surface area contributed by atoms with E-state index in [0.29, 0.717) is 18.5 Å². The number of nitro benzene ring substituents is 1. The van der Waals surface area contributed by atoms with Crippen molar-refractivity contribution in [1.82, 2.24) is 4.90 Å². The van der Waals surface area contributed by atoms with Gasteiger partial charge in [0.25, 0.3) is 5.69 Å². The number of aryl methyl sites for hydroxylation is 1. The second-order valence-corrected chi connectivity index (χ2v) is 6.09. The lowest BCUT2D eigenvalue weighted by Crippen LogP contribution is -2.41. The summed E-state index contributed by atoms with van der Waals surface area (Å²) in [6.45, 7) is 4.31. The molecule has 114 valence electrons. The lowest BCUT2D eigenvalue weighted by molar-refractivity contribution is -0.385. The van der Waals surface area contributed by atoms with Crippen LogP contribution in [0.4, 0.5) is 11.4 Å². The number of piperidine rings is 1. The molecule has 2 fully saturated rings. The average molecular weight is 289 g/mol. The third-order valence-corrected chi connectivity index (χ3v) is 4.87. The van der Waals surface area contributed by atoms with Gasteiger partial charge in [-0.25, -0.2) is 0 Å². The first kappa shape index (κ1) is 14.3. The standard InChI is InChI=1S/C16H23N3O2/c1-2-12-6-7-13(11-16(12)19(20)21)17-14-8-10-18-9-4-3-5-15(14)18/h6-7,11,14-15,17H,2-5,8-10H2,1H3. The normalized spacial score (nSPS) is 25.6. The van der Waals surface area contributed by atoms with Gasteiger partial charge in [0, 0.05) is 35.9 Å². The van der Waals surface area contributed by atoms with Gasteiger partial charge < -0.3 is 5.32 Å². The predicted octanol–water partition coefficient (Wildman–Crippen LogP) is 3.20. The fourth-order valence-electron chi connectivity index (χ4n) is 3.75. The molecule has 2 unspecified atom stereocenters. The molecule has 3 rings (SSSR count). The van der Waals surface area contributed by atoms with Crippen LogP contribution in [0, 0.1) is 10.1 Å². The molecule has 2 heterocycles. The summed E-state index contributed by atoms with van der Waals surface area (Å²) in [5.74, 6) is 0. The molecule has 21 heavy (non-hydrogen) atoms. The Morgan fingerprint density at radius 1 is 1.33 bits per heavy atom. The van der Waals surface area contributed by atoms with Gasteiger partial charge in [-0.05, 0) is 38.3 Å². The number of hydrogen-bond acceptors (Lipinski definition) is 4. The molecule has 2 aliphatic rings. The van der Waals surface area contributed by atoms with Crippen molar-refractivity contribution >= 4 is 11.4 Å². The summed E-state index contributed by atoms with van der Waals surface area (Å²) in [4.78, 5) is 13.5. The fraction of sp³-hybridized carbons (Fsp3) is 0.625. The summed E-state index contributed by atoms with van der Waals surface area (Å²) < 4.78 is 0. The van der Waals surface area contributed by atoms with Crippen LogP contribution in [-0.4, -0.2) is 35.0 Å². The van der Waals surface area contributed by atoms with Crippen molar-refractivity contribution in [3.8, 4) is 0 Å². The lowest BCUT2D eigenvalue weighted by atomic mass is 9.98. The lowest BCUT2D eigenvalue weighted by Gasteiger charge is -2.33. The fourth-order valence-corrected chi connectivity index (χ4v) is 3.75. The number of benzene rings is 1. The monoisotopic (exact) mass is 289 g/mol. The highest BCUT2D eigenvalue weighted by Crippen LogP contribution is 2.31. The van der Waals surface area contributed by atoms with Crippen molar-refractivity contribution in [3.63, 3.8) is 0 Å². The Balaban J connectivity index is 1.76. The maximum Gasteiger partial charge on any atom is 0.274 e. The minimum Gasteiger partial charge on any atom is -0.380 e. The number of nitro groups is 1. The first-order valence-electron chi connectivity index (χ1n) is 7.97. The molecule has 1 N–H and O–H groups in total. The highest BCUT2D eigenvalue weighted by atomic mass is 16.6. The number of anilines is 1. The largest absolute Gasteiger partial charge is 0.380 e. The SMILES string of the molecule is CCc1ccc(NC2CCN3CCCCC23)cc1[N+](=O)[O-]. The van der Waals surface area contributed by atoms with Crippen molar-refractivity contribution in [2.45, 2.75) is 51.1 Å². The van der Waals surface area contributed by atoms with Crippen molar-refractivity contribution in [2.24, 2.45) is 0 Å². The molecule has 2 saturated heterocycles. The summed E-state index contributed by atoms with van der Waals surface area (Å²) in [5.41, 5.74) is 1.92. The van der Waals surface area contributed by atoms with E-state index in [1.54, 1.807) is 6.07 Å². The summed E-state index contributed by atoms with van der Waals surface area (Å²) in [6.07, 6.45) is 5.67. The van der Waals surface area contributed by atoms with E-state index in [0.717, 1.165) is 24.2 Å². The number of rotatable bonds is 4. The molecule has 1 aromatic carbocycles. The molecule has 0 aliphatic carbocycles. The van der Waals surface area contributed by atoms with E-state index in [4.69, 9.17) is 0 Å². The van der Waals surface area contributed by atoms with E-state index in [2.05, 4.69) is 10.2 Å². The Labute approximate surface area is 125 Å². The minimum absolute atomic E-state index is 0.237. The van der Waals surface area contributed by atoms with Crippen molar-refractivity contribution in [2.75, 3.05) is 18.4 Å². The van der Waals surface area contributed by atoms with Crippen LogP contribution in [0.1, 0.15) is 38.2 Å². The second-order valence-electron chi connectivity index (χ2n) is 6.09. The molecule has 1 aromatic rings. The van der Waals surface area contributed by atoms with E-state index >= 15 is 0 Å². The third kappa shape index (κ3) is 2.88. The first-order valence-corrected chi connectivity index (χ1v) is 7.97.